The molecule has 0 radical (unpaired) electrons. The molecule has 0 aliphatic rings. The van der Waals surface area contributed by atoms with Gasteiger partial charge in [-0.3, -0.25) is 14.2 Å². The fourth-order valence-electron chi connectivity index (χ4n) is 3.30. The topological polar surface area (TPSA) is 52.0 Å². The molecule has 0 saturated carbocycles. The van der Waals surface area contributed by atoms with Gasteiger partial charge in [-0.2, -0.15) is 0 Å². The van der Waals surface area contributed by atoms with Crippen LogP contribution < -0.4 is 5.56 Å². The number of benzene rings is 3. The molecule has 30 heavy (non-hydrogen) atoms. The first-order chi connectivity index (χ1) is 14.5. The van der Waals surface area contributed by atoms with Gasteiger partial charge in [0, 0.05) is 5.56 Å². The average Bonchev–Trinajstić information content (AvgIpc) is 2.78. The molecule has 1 aromatic heterocycles. The van der Waals surface area contributed by atoms with Gasteiger partial charge in [-0.05, 0) is 48.9 Å². The first-order valence-electron chi connectivity index (χ1n) is 9.52. The maximum Gasteiger partial charge on any atom is 0.262 e. The molecule has 150 valence electrons. The van der Waals surface area contributed by atoms with Crippen LogP contribution in [-0.4, -0.2) is 21.1 Å². The Morgan fingerprint density at radius 3 is 2.40 bits per heavy atom. The molecule has 4 nitrogen and oxygen atoms in total. The van der Waals surface area contributed by atoms with Crippen molar-refractivity contribution in [2.24, 2.45) is 0 Å². The van der Waals surface area contributed by atoms with E-state index >= 15 is 0 Å². The third-order valence-corrected chi connectivity index (χ3v) is 5.90. The van der Waals surface area contributed by atoms with Crippen molar-refractivity contribution in [3.8, 4) is 0 Å². The fraction of sp³-hybridized carbons (Fsp3) is 0.125. The number of aromatic nitrogens is 2. The molecule has 0 aliphatic heterocycles. The smallest absolute Gasteiger partial charge is 0.262 e. The van der Waals surface area contributed by atoms with E-state index < -0.39 is 0 Å². The van der Waals surface area contributed by atoms with Crippen LogP contribution in [0.25, 0.3) is 10.9 Å². The number of fused-ring (bicyclic) bond motifs is 1. The summed E-state index contributed by atoms with van der Waals surface area (Å²) >= 11 is 1.21. The van der Waals surface area contributed by atoms with Crippen LogP contribution in [0.2, 0.25) is 0 Å². The lowest BCUT2D eigenvalue weighted by molar-refractivity contribution is 0.102. The fourth-order valence-corrected chi connectivity index (χ4v) is 4.27. The highest BCUT2D eigenvalue weighted by molar-refractivity contribution is 7.99. The molecular formula is C24H19FN2O2S. The van der Waals surface area contributed by atoms with Gasteiger partial charge in [-0.1, -0.05) is 54.2 Å². The number of carbonyl (C=O) groups excluding carboxylic acids is 1. The molecule has 0 spiro atoms. The number of nitrogens with zero attached hydrogens (tertiary/aromatic N) is 2. The number of halogens is 1. The van der Waals surface area contributed by atoms with E-state index in [0.29, 0.717) is 21.6 Å². The Morgan fingerprint density at radius 2 is 1.67 bits per heavy atom. The van der Waals surface area contributed by atoms with Crippen LogP contribution in [-0.2, 0) is 0 Å². The summed E-state index contributed by atoms with van der Waals surface area (Å²) in [5.41, 5.74) is 1.85. The normalized spacial score (nSPS) is 12.1. The van der Waals surface area contributed by atoms with Crippen molar-refractivity contribution in [2.45, 2.75) is 18.1 Å². The maximum absolute atomic E-state index is 13.3. The molecule has 0 bridgehead atoms. The average molecular weight is 418 g/mol. The van der Waals surface area contributed by atoms with Crippen molar-refractivity contribution in [1.29, 1.82) is 0 Å². The number of para-hydroxylation sites is 1. The second-order valence-corrected chi connectivity index (χ2v) is 7.83. The Morgan fingerprint density at radius 1 is 1.00 bits per heavy atom. The lowest BCUT2D eigenvalue weighted by atomic mass is 10.1. The summed E-state index contributed by atoms with van der Waals surface area (Å²) < 4.78 is 14.8. The van der Waals surface area contributed by atoms with E-state index in [4.69, 9.17) is 0 Å². The highest BCUT2D eigenvalue weighted by Gasteiger charge is 2.19. The highest BCUT2D eigenvalue weighted by Crippen LogP contribution is 2.25. The summed E-state index contributed by atoms with van der Waals surface area (Å²) in [6, 6.07) is 22.1. The molecule has 1 atom stereocenters. The lowest BCUT2D eigenvalue weighted by Crippen LogP contribution is -2.27. The van der Waals surface area contributed by atoms with Gasteiger partial charge in [0.2, 0.25) is 0 Å². The molecular weight excluding hydrogens is 399 g/mol. The van der Waals surface area contributed by atoms with Crippen LogP contribution >= 0.6 is 11.8 Å². The number of carbonyl (C=O) groups is 1. The van der Waals surface area contributed by atoms with E-state index in [0.717, 1.165) is 5.56 Å². The third-order valence-electron chi connectivity index (χ3n) is 4.94. The minimum absolute atomic E-state index is 0.0952. The summed E-state index contributed by atoms with van der Waals surface area (Å²) in [6.07, 6.45) is 0. The molecule has 4 rings (SSSR count). The van der Waals surface area contributed by atoms with Gasteiger partial charge in [0.15, 0.2) is 10.9 Å². The van der Waals surface area contributed by atoms with Crippen LogP contribution in [0, 0.1) is 5.82 Å². The van der Waals surface area contributed by atoms with Crippen molar-refractivity contribution >= 4 is 28.4 Å². The Labute approximate surface area is 177 Å². The van der Waals surface area contributed by atoms with Gasteiger partial charge in [-0.25, -0.2) is 9.37 Å². The number of hydrogen-bond donors (Lipinski definition) is 0. The minimum Gasteiger partial charge on any atom is -0.293 e. The van der Waals surface area contributed by atoms with Crippen LogP contribution in [0.4, 0.5) is 4.39 Å². The molecule has 0 fully saturated rings. The molecule has 1 unspecified atom stereocenters. The van der Waals surface area contributed by atoms with Gasteiger partial charge in [0.25, 0.3) is 5.56 Å². The number of hydrogen-bond acceptors (Lipinski definition) is 4. The predicted molar refractivity (Wildman–Crippen MR) is 118 cm³/mol. The van der Waals surface area contributed by atoms with E-state index in [1.165, 1.54) is 36.0 Å². The zero-order valence-electron chi connectivity index (χ0n) is 16.3. The second-order valence-electron chi connectivity index (χ2n) is 6.89. The van der Waals surface area contributed by atoms with E-state index in [9.17, 15) is 14.0 Å². The zero-order chi connectivity index (χ0) is 21.1. The van der Waals surface area contributed by atoms with Crippen molar-refractivity contribution in [3.05, 3.63) is 106 Å². The summed E-state index contributed by atoms with van der Waals surface area (Å²) in [6.45, 7) is 1.94. The summed E-state index contributed by atoms with van der Waals surface area (Å²) in [5.74, 6) is -0.444. The number of Topliss-reactive ketones (excluding diaryl/α,β-unsaturated/α-hetero) is 1. The Balaban J connectivity index is 1.73. The minimum atomic E-state index is -0.388. The molecule has 1 heterocycles. The SMILES string of the molecule is CC(c1ccccc1)n1c(SCC(=O)c2ccc(F)cc2)nc2ccccc2c1=O. The number of ketones is 1. The van der Waals surface area contributed by atoms with E-state index in [1.54, 1.807) is 16.7 Å². The van der Waals surface area contributed by atoms with Crippen LogP contribution in [0.5, 0.6) is 0 Å². The van der Waals surface area contributed by atoms with Gasteiger partial charge in [0.1, 0.15) is 5.82 Å². The largest absolute Gasteiger partial charge is 0.293 e. The zero-order valence-corrected chi connectivity index (χ0v) is 17.1. The number of rotatable bonds is 6. The maximum atomic E-state index is 13.3. The quantitative estimate of drug-likeness (QED) is 0.248. The van der Waals surface area contributed by atoms with Gasteiger partial charge in [0.05, 0.1) is 22.7 Å². The Bertz CT molecular complexity index is 1250. The predicted octanol–water partition coefficient (Wildman–Crippen LogP) is 5.12. The monoisotopic (exact) mass is 418 g/mol. The first-order valence-corrected chi connectivity index (χ1v) is 10.5. The van der Waals surface area contributed by atoms with Crippen LogP contribution in [0.1, 0.15) is 28.9 Å². The summed E-state index contributed by atoms with van der Waals surface area (Å²) in [5, 5.41) is 1.01. The molecule has 0 N–H and O–H groups in total. The van der Waals surface area contributed by atoms with Crippen molar-refractivity contribution in [1.82, 2.24) is 9.55 Å². The van der Waals surface area contributed by atoms with Gasteiger partial charge in [-0.15, -0.1) is 0 Å². The Kier molecular flexibility index (Phi) is 5.77. The standard InChI is InChI=1S/C24H19FN2O2S/c1-16(17-7-3-2-4-8-17)27-23(29)20-9-5-6-10-21(20)26-24(27)30-15-22(28)18-11-13-19(25)14-12-18/h2-14,16H,15H2,1H3. The summed E-state index contributed by atoms with van der Waals surface area (Å²) in [7, 11) is 0. The molecule has 3 aromatic carbocycles. The second kappa shape index (κ2) is 8.63. The van der Waals surface area contributed by atoms with Crippen LogP contribution in [0.3, 0.4) is 0 Å². The molecule has 4 aromatic rings. The van der Waals surface area contributed by atoms with Gasteiger partial charge < -0.3 is 0 Å². The molecule has 0 aliphatic carbocycles. The summed E-state index contributed by atoms with van der Waals surface area (Å²) in [4.78, 5) is 30.5. The van der Waals surface area contributed by atoms with Gasteiger partial charge >= 0.3 is 0 Å². The number of thioether (sulfide) groups is 1. The molecule has 0 saturated heterocycles. The first kappa shape index (κ1) is 20.0. The van der Waals surface area contributed by atoms with Crippen molar-refractivity contribution in [2.75, 3.05) is 5.75 Å². The lowest BCUT2D eigenvalue weighted by Gasteiger charge is -2.20. The van der Waals surface area contributed by atoms with E-state index in [2.05, 4.69) is 4.98 Å². The van der Waals surface area contributed by atoms with E-state index in [1.807, 2.05) is 49.4 Å². The third kappa shape index (κ3) is 4.04. The van der Waals surface area contributed by atoms with Crippen LogP contribution in [0.15, 0.2) is 88.8 Å². The Hall–Kier alpha value is -3.25. The van der Waals surface area contributed by atoms with E-state index in [-0.39, 0.29) is 29.0 Å². The molecule has 6 heteroatoms. The van der Waals surface area contributed by atoms with Crippen molar-refractivity contribution < 1.29 is 9.18 Å². The highest BCUT2D eigenvalue weighted by atomic mass is 32.2. The molecule has 0 amide bonds. The van der Waals surface area contributed by atoms with Crippen molar-refractivity contribution in [3.63, 3.8) is 0 Å².